The Balaban J connectivity index is 2.44. The van der Waals surface area contributed by atoms with Crippen molar-refractivity contribution in [2.45, 2.75) is 20.8 Å². The highest BCUT2D eigenvalue weighted by Crippen LogP contribution is 2.23. The lowest BCUT2D eigenvalue weighted by molar-refractivity contribution is 0.585. The minimum atomic E-state index is -0.0916. The van der Waals surface area contributed by atoms with Crippen molar-refractivity contribution < 1.29 is 0 Å². The van der Waals surface area contributed by atoms with E-state index in [1.807, 2.05) is 18.2 Å². The molecule has 0 aliphatic carbocycles. The topological polar surface area (TPSA) is 38.4 Å². The maximum absolute atomic E-state index is 5.98. The molecule has 2 aromatic carbocycles. The largest absolute Gasteiger partial charge is 0.387 e. The number of benzene rings is 2. The Labute approximate surface area is 102 Å². The molecule has 0 radical (unpaired) electrons. The van der Waals surface area contributed by atoms with Gasteiger partial charge in [0.05, 0.1) is 5.69 Å². The fourth-order valence-corrected chi connectivity index (χ4v) is 1.55. The number of hydrogen-bond acceptors (Lipinski definition) is 1. The Hall–Kier alpha value is -1.83. The second-order valence-corrected chi connectivity index (χ2v) is 5.28. The molecule has 17 heavy (non-hydrogen) atoms. The molecule has 2 aromatic rings. The minimum absolute atomic E-state index is 0.0916. The Morgan fingerprint density at radius 1 is 1.00 bits per heavy atom. The molecule has 2 rings (SSSR count). The lowest BCUT2D eigenvalue weighted by Crippen LogP contribution is -2.28. The molecule has 0 heterocycles. The summed E-state index contributed by atoms with van der Waals surface area (Å²) in [6, 6.07) is 14.4. The first kappa shape index (κ1) is 11.6. The van der Waals surface area contributed by atoms with Gasteiger partial charge in [-0.15, -0.1) is 0 Å². The van der Waals surface area contributed by atoms with Gasteiger partial charge in [-0.05, 0) is 22.9 Å². The highest BCUT2D eigenvalue weighted by Gasteiger charge is 2.15. The van der Waals surface area contributed by atoms with Crippen molar-refractivity contribution in [3.05, 3.63) is 42.5 Å². The molecule has 0 saturated carbocycles. The number of aliphatic imine (C=N–C) groups is 1. The summed E-state index contributed by atoms with van der Waals surface area (Å²) in [4.78, 5) is 4.47. The molecule has 0 saturated heterocycles. The van der Waals surface area contributed by atoms with Crippen LogP contribution in [0.5, 0.6) is 0 Å². The quantitative estimate of drug-likeness (QED) is 0.581. The maximum Gasteiger partial charge on any atom is 0.105 e. The van der Waals surface area contributed by atoms with Crippen LogP contribution in [0.3, 0.4) is 0 Å². The standard InChI is InChI=1S/C15H18N2/c1-15(2,3)14(16)17-13-9-8-11-6-4-5-7-12(11)10-13/h4-10H,1-3H3,(H2,16,17). The minimum Gasteiger partial charge on any atom is -0.387 e. The number of amidine groups is 1. The van der Waals surface area contributed by atoms with E-state index >= 15 is 0 Å². The first-order valence-electron chi connectivity index (χ1n) is 5.80. The van der Waals surface area contributed by atoms with Crippen LogP contribution in [-0.4, -0.2) is 5.84 Å². The van der Waals surface area contributed by atoms with Crippen molar-refractivity contribution >= 4 is 22.3 Å². The third kappa shape index (κ3) is 2.64. The Morgan fingerprint density at radius 2 is 1.65 bits per heavy atom. The number of nitrogens with two attached hydrogens (primary N) is 1. The molecule has 0 aliphatic heterocycles. The van der Waals surface area contributed by atoms with Crippen LogP contribution in [0.15, 0.2) is 47.5 Å². The van der Waals surface area contributed by atoms with Gasteiger partial charge in [0, 0.05) is 5.41 Å². The van der Waals surface area contributed by atoms with E-state index in [-0.39, 0.29) is 5.41 Å². The van der Waals surface area contributed by atoms with Gasteiger partial charge in [-0.25, -0.2) is 4.99 Å². The maximum atomic E-state index is 5.98. The summed E-state index contributed by atoms with van der Waals surface area (Å²) >= 11 is 0. The van der Waals surface area contributed by atoms with E-state index in [1.165, 1.54) is 10.8 Å². The zero-order valence-electron chi connectivity index (χ0n) is 10.6. The molecule has 2 heteroatoms. The summed E-state index contributed by atoms with van der Waals surface area (Å²) < 4.78 is 0. The summed E-state index contributed by atoms with van der Waals surface area (Å²) in [5, 5.41) is 2.41. The first-order chi connectivity index (χ1) is 7.97. The van der Waals surface area contributed by atoms with Gasteiger partial charge in [0.2, 0.25) is 0 Å². The highest BCUT2D eigenvalue weighted by molar-refractivity contribution is 5.90. The highest BCUT2D eigenvalue weighted by atomic mass is 14.9. The monoisotopic (exact) mass is 226 g/mol. The second-order valence-electron chi connectivity index (χ2n) is 5.28. The molecular weight excluding hydrogens is 208 g/mol. The average Bonchev–Trinajstić information content (AvgIpc) is 2.27. The van der Waals surface area contributed by atoms with Gasteiger partial charge < -0.3 is 5.73 Å². The van der Waals surface area contributed by atoms with E-state index in [2.05, 4.69) is 50.0 Å². The van der Waals surface area contributed by atoms with Gasteiger partial charge >= 0.3 is 0 Å². The molecule has 0 amide bonds. The molecule has 0 aliphatic rings. The molecular formula is C15H18N2. The van der Waals surface area contributed by atoms with Crippen molar-refractivity contribution in [3.63, 3.8) is 0 Å². The third-order valence-corrected chi connectivity index (χ3v) is 2.75. The first-order valence-corrected chi connectivity index (χ1v) is 5.80. The summed E-state index contributed by atoms with van der Waals surface area (Å²) in [6.45, 7) is 6.19. The van der Waals surface area contributed by atoms with Crippen molar-refractivity contribution in [2.75, 3.05) is 0 Å². The summed E-state index contributed by atoms with van der Waals surface area (Å²) in [5.41, 5.74) is 6.80. The molecule has 88 valence electrons. The van der Waals surface area contributed by atoms with Gasteiger partial charge in [0.25, 0.3) is 0 Å². The van der Waals surface area contributed by atoms with E-state index in [0.717, 1.165) is 5.69 Å². The number of rotatable bonds is 1. The van der Waals surface area contributed by atoms with Gasteiger partial charge in [-0.3, -0.25) is 0 Å². The van der Waals surface area contributed by atoms with Crippen molar-refractivity contribution in [1.29, 1.82) is 0 Å². The molecule has 2 nitrogen and oxygen atoms in total. The van der Waals surface area contributed by atoms with E-state index in [0.29, 0.717) is 5.84 Å². The summed E-state index contributed by atoms with van der Waals surface area (Å²) in [6.07, 6.45) is 0. The zero-order valence-corrected chi connectivity index (χ0v) is 10.6. The van der Waals surface area contributed by atoms with Crippen molar-refractivity contribution in [3.8, 4) is 0 Å². The van der Waals surface area contributed by atoms with Gasteiger partial charge in [0.1, 0.15) is 5.84 Å². The van der Waals surface area contributed by atoms with E-state index < -0.39 is 0 Å². The third-order valence-electron chi connectivity index (χ3n) is 2.75. The molecule has 0 spiro atoms. The lowest BCUT2D eigenvalue weighted by Gasteiger charge is -2.17. The van der Waals surface area contributed by atoms with Gasteiger partial charge in [0.15, 0.2) is 0 Å². The van der Waals surface area contributed by atoms with Crippen molar-refractivity contribution in [2.24, 2.45) is 16.1 Å². The molecule has 0 atom stereocenters. The second kappa shape index (κ2) is 4.21. The molecule has 0 aromatic heterocycles. The lowest BCUT2D eigenvalue weighted by atomic mass is 9.95. The van der Waals surface area contributed by atoms with E-state index in [4.69, 9.17) is 5.73 Å². The Kier molecular flexibility index (Phi) is 2.88. The summed E-state index contributed by atoms with van der Waals surface area (Å²) in [5.74, 6) is 0.660. The van der Waals surface area contributed by atoms with Crippen LogP contribution >= 0.6 is 0 Å². The van der Waals surface area contributed by atoms with Crippen LogP contribution < -0.4 is 5.73 Å². The Morgan fingerprint density at radius 3 is 2.29 bits per heavy atom. The molecule has 0 bridgehead atoms. The van der Waals surface area contributed by atoms with Crippen LogP contribution in [0.4, 0.5) is 5.69 Å². The predicted octanol–water partition coefficient (Wildman–Crippen LogP) is 3.87. The predicted molar refractivity (Wildman–Crippen MR) is 74.7 cm³/mol. The van der Waals surface area contributed by atoms with Crippen LogP contribution in [0.25, 0.3) is 10.8 Å². The zero-order chi connectivity index (χ0) is 12.5. The summed E-state index contributed by atoms with van der Waals surface area (Å²) in [7, 11) is 0. The van der Waals surface area contributed by atoms with Crippen LogP contribution in [0, 0.1) is 5.41 Å². The van der Waals surface area contributed by atoms with E-state index in [9.17, 15) is 0 Å². The fraction of sp³-hybridized carbons (Fsp3) is 0.267. The van der Waals surface area contributed by atoms with Crippen LogP contribution in [-0.2, 0) is 0 Å². The number of fused-ring (bicyclic) bond motifs is 1. The Bertz CT molecular complexity index is 562. The molecule has 2 N–H and O–H groups in total. The smallest absolute Gasteiger partial charge is 0.105 e. The number of nitrogens with zero attached hydrogens (tertiary/aromatic N) is 1. The number of hydrogen-bond donors (Lipinski definition) is 1. The van der Waals surface area contributed by atoms with Crippen molar-refractivity contribution in [1.82, 2.24) is 0 Å². The van der Waals surface area contributed by atoms with Crippen LogP contribution in [0.2, 0.25) is 0 Å². The fourth-order valence-electron chi connectivity index (χ4n) is 1.55. The van der Waals surface area contributed by atoms with E-state index in [1.54, 1.807) is 0 Å². The van der Waals surface area contributed by atoms with Gasteiger partial charge in [-0.1, -0.05) is 51.1 Å². The van der Waals surface area contributed by atoms with Crippen LogP contribution in [0.1, 0.15) is 20.8 Å². The average molecular weight is 226 g/mol. The normalized spacial score (nSPS) is 13.0. The molecule has 0 unspecified atom stereocenters. The van der Waals surface area contributed by atoms with Gasteiger partial charge in [-0.2, -0.15) is 0 Å². The molecule has 0 fully saturated rings. The SMILES string of the molecule is CC(C)(C)C(N)=Nc1ccc2ccccc2c1.